The number of piperidine rings is 1. The van der Waals surface area contributed by atoms with Gasteiger partial charge in [0.05, 0.1) is 10.9 Å². The van der Waals surface area contributed by atoms with Crippen molar-refractivity contribution in [2.75, 3.05) is 19.6 Å². The van der Waals surface area contributed by atoms with Crippen molar-refractivity contribution in [1.29, 1.82) is 0 Å². The maximum Gasteiger partial charge on any atom is 0.222 e. The summed E-state index contributed by atoms with van der Waals surface area (Å²) in [6, 6.07) is 0. The summed E-state index contributed by atoms with van der Waals surface area (Å²) < 4.78 is 28.5. The first-order chi connectivity index (χ1) is 12.3. The lowest BCUT2D eigenvalue weighted by Crippen LogP contribution is -2.40. The Balaban J connectivity index is 1.71. The lowest BCUT2D eigenvalue weighted by Gasteiger charge is -2.28. The Morgan fingerprint density at radius 1 is 1.15 bits per heavy atom. The van der Waals surface area contributed by atoms with E-state index in [1.807, 2.05) is 16.6 Å². The average Bonchev–Trinajstić information content (AvgIpc) is 2.95. The van der Waals surface area contributed by atoms with Crippen molar-refractivity contribution in [3.05, 3.63) is 17.0 Å². The zero-order valence-corrected chi connectivity index (χ0v) is 16.9. The number of hydrogen-bond acceptors (Lipinski definition) is 4. The minimum Gasteiger partial charge on any atom is -0.343 e. The Hall–Kier alpha value is -1.41. The van der Waals surface area contributed by atoms with E-state index in [0.29, 0.717) is 32.4 Å². The molecule has 1 fully saturated rings. The normalized spacial score (nSPS) is 19.0. The molecular weight excluding hydrogens is 352 g/mol. The number of likely N-dealkylation sites (tertiary alicyclic amines) is 1. The number of carbonyl (C=O) groups excluding carboxylic acids is 1. The second kappa shape index (κ2) is 7.68. The lowest BCUT2D eigenvalue weighted by molar-refractivity contribution is -0.132. The summed E-state index contributed by atoms with van der Waals surface area (Å²) in [6.45, 7) is 6.02. The largest absolute Gasteiger partial charge is 0.343 e. The molecule has 3 heterocycles. The van der Waals surface area contributed by atoms with Crippen LogP contribution in [0.5, 0.6) is 0 Å². The van der Waals surface area contributed by atoms with Crippen LogP contribution >= 0.6 is 0 Å². The summed E-state index contributed by atoms with van der Waals surface area (Å²) in [4.78, 5) is 14.4. The van der Waals surface area contributed by atoms with Crippen molar-refractivity contribution < 1.29 is 13.2 Å². The molecule has 1 aromatic heterocycles. The summed E-state index contributed by atoms with van der Waals surface area (Å²) in [7, 11) is -1.37. The predicted octanol–water partition coefficient (Wildman–Crippen LogP) is 1.46. The molecule has 3 rings (SSSR count). The Morgan fingerprint density at radius 3 is 2.50 bits per heavy atom. The molecule has 2 aliphatic rings. The van der Waals surface area contributed by atoms with Crippen LogP contribution in [0.2, 0.25) is 0 Å². The second-order valence-electron chi connectivity index (χ2n) is 7.61. The van der Waals surface area contributed by atoms with E-state index in [1.54, 1.807) is 18.2 Å². The molecule has 146 valence electrons. The summed E-state index contributed by atoms with van der Waals surface area (Å²) in [5, 5.41) is 4.17. The number of amides is 1. The molecule has 0 saturated carbocycles. The van der Waals surface area contributed by atoms with Gasteiger partial charge in [0.1, 0.15) is 0 Å². The van der Waals surface area contributed by atoms with Crippen LogP contribution in [-0.2, 0) is 41.3 Å². The summed E-state index contributed by atoms with van der Waals surface area (Å²) in [5.41, 5.74) is 2.96. The van der Waals surface area contributed by atoms with E-state index in [2.05, 4.69) is 5.10 Å². The Morgan fingerprint density at radius 2 is 1.85 bits per heavy atom. The maximum absolute atomic E-state index is 12.5. The van der Waals surface area contributed by atoms with Crippen molar-refractivity contribution >= 4 is 15.9 Å². The number of aromatic nitrogens is 2. The molecule has 0 radical (unpaired) electrons. The van der Waals surface area contributed by atoms with Gasteiger partial charge in [-0.2, -0.15) is 9.40 Å². The standard InChI is InChI=1S/C18H30N4O3S/c1-14(2)26(24,25)22-12-9-17-15(13-22)16(19-20(17)3)7-8-18(23)21-10-5-4-6-11-21/h14H,4-13H2,1-3H3. The summed E-state index contributed by atoms with van der Waals surface area (Å²) >= 11 is 0. The minimum absolute atomic E-state index is 0.187. The van der Waals surface area contributed by atoms with E-state index in [-0.39, 0.29) is 5.91 Å². The van der Waals surface area contributed by atoms with Gasteiger partial charge in [-0.15, -0.1) is 0 Å². The maximum atomic E-state index is 12.5. The van der Waals surface area contributed by atoms with Gasteiger partial charge in [-0.1, -0.05) is 0 Å². The van der Waals surface area contributed by atoms with Crippen molar-refractivity contribution in [3.63, 3.8) is 0 Å². The summed E-state index contributed by atoms with van der Waals surface area (Å²) in [6.07, 6.45) is 5.08. The van der Waals surface area contributed by atoms with E-state index in [1.165, 1.54) is 6.42 Å². The fraction of sp³-hybridized carbons (Fsp3) is 0.778. The van der Waals surface area contributed by atoms with Gasteiger partial charge in [0.25, 0.3) is 0 Å². The highest BCUT2D eigenvalue weighted by Gasteiger charge is 2.32. The first kappa shape index (κ1) is 19.4. The SMILES string of the molecule is CC(C)S(=O)(=O)N1CCc2c(c(CCC(=O)N3CCCCC3)nn2C)C1. The molecule has 0 aliphatic carbocycles. The highest BCUT2D eigenvalue weighted by Crippen LogP contribution is 2.26. The average molecular weight is 383 g/mol. The smallest absolute Gasteiger partial charge is 0.222 e. The van der Waals surface area contributed by atoms with Crippen molar-refractivity contribution in [3.8, 4) is 0 Å². The van der Waals surface area contributed by atoms with Crippen LogP contribution in [-0.4, -0.2) is 58.2 Å². The molecule has 1 amide bonds. The van der Waals surface area contributed by atoms with Gasteiger partial charge in [-0.3, -0.25) is 9.48 Å². The number of hydrogen-bond donors (Lipinski definition) is 0. The van der Waals surface area contributed by atoms with Gasteiger partial charge < -0.3 is 4.90 Å². The van der Waals surface area contributed by atoms with Crippen LogP contribution < -0.4 is 0 Å². The number of aryl methyl sites for hydroxylation is 2. The monoisotopic (exact) mass is 382 g/mol. The van der Waals surface area contributed by atoms with Crippen LogP contribution in [0, 0.1) is 0 Å². The predicted molar refractivity (Wildman–Crippen MR) is 100 cm³/mol. The fourth-order valence-corrected chi connectivity index (χ4v) is 5.14. The van der Waals surface area contributed by atoms with Crippen LogP contribution in [0.3, 0.4) is 0 Å². The van der Waals surface area contributed by atoms with E-state index in [9.17, 15) is 13.2 Å². The van der Waals surface area contributed by atoms with E-state index in [4.69, 9.17) is 0 Å². The molecule has 8 heteroatoms. The zero-order chi connectivity index (χ0) is 18.9. The van der Waals surface area contributed by atoms with Gasteiger partial charge in [-0.05, 0) is 33.1 Å². The third kappa shape index (κ3) is 3.81. The number of rotatable bonds is 5. The van der Waals surface area contributed by atoms with E-state index >= 15 is 0 Å². The van der Waals surface area contributed by atoms with Crippen LogP contribution in [0.25, 0.3) is 0 Å². The van der Waals surface area contributed by atoms with Gasteiger partial charge in [0.15, 0.2) is 0 Å². The number of sulfonamides is 1. The molecule has 1 aromatic rings. The Labute approximate surface area is 156 Å². The minimum atomic E-state index is -3.28. The fourth-order valence-electron chi connectivity index (χ4n) is 3.89. The molecule has 0 aromatic carbocycles. The van der Waals surface area contributed by atoms with Crippen molar-refractivity contribution in [2.24, 2.45) is 7.05 Å². The summed E-state index contributed by atoms with van der Waals surface area (Å²) in [5.74, 6) is 0.187. The molecule has 1 saturated heterocycles. The molecule has 0 atom stereocenters. The lowest BCUT2D eigenvalue weighted by atomic mass is 10.0. The third-order valence-corrected chi connectivity index (χ3v) is 7.75. The van der Waals surface area contributed by atoms with E-state index < -0.39 is 15.3 Å². The van der Waals surface area contributed by atoms with Gasteiger partial charge in [0, 0.05) is 63.7 Å². The van der Waals surface area contributed by atoms with Crippen LogP contribution in [0.4, 0.5) is 0 Å². The highest BCUT2D eigenvalue weighted by molar-refractivity contribution is 7.89. The zero-order valence-electron chi connectivity index (χ0n) is 16.1. The highest BCUT2D eigenvalue weighted by atomic mass is 32.2. The number of nitrogens with zero attached hydrogens (tertiary/aromatic N) is 4. The topological polar surface area (TPSA) is 75.5 Å². The Kier molecular flexibility index (Phi) is 5.72. The second-order valence-corrected chi connectivity index (χ2v) is 10.1. The first-order valence-corrected chi connectivity index (χ1v) is 11.1. The molecule has 0 N–H and O–H groups in total. The van der Waals surface area contributed by atoms with Crippen LogP contribution in [0.1, 0.15) is 56.5 Å². The van der Waals surface area contributed by atoms with E-state index in [0.717, 1.165) is 42.9 Å². The quantitative estimate of drug-likeness (QED) is 0.773. The van der Waals surface area contributed by atoms with Gasteiger partial charge in [0.2, 0.25) is 15.9 Å². The molecule has 0 bridgehead atoms. The van der Waals surface area contributed by atoms with Crippen molar-refractivity contribution in [2.45, 2.75) is 64.2 Å². The Bertz CT molecular complexity index is 764. The number of carbonyl (C=O) groups is 1. The van der Waals surface area contributed by atoms with Gasteiger partial charge >= 0.3 is 0 Å². The van der Waals surface area contributed by atoms with Crippen LogP contribution in [0.15, 0.2) is 0 Å². The molecule has 26 heavy (non-hydrogen) atoms. The number of fused-ring (bicyclic) bond motifs is 1. The van der Waals surface area contributed by atoms with Gasteiger partial charge in [-0.25, -0.2) is 8.42 Å². The molecule has 0 spiro atoms. The third-order valence-electron chi connectivity index (χ3n) is 5.53. The molecule has 7 nitrogen and oxygen atoms in total. The molecule has 0 unspecified atom stereocenters. The molecule has 2 aliphatic heterocycles. The first-order valence-electron chi connectivity index (χ1n) is 9.61. The molecular formula is C18H30N4O3S. The van der Waals surface area contributed by atoms with Crippen molar-refractivity contribution in [1.82, 2.24) is 19.0 Å².